The highest BCUT2D eigenvalue weighted by Crippen LogP contribution is 2.32. The number of benzene rings is 1. The molecule has 76 valence electrons. The Morgan fingerprint density at radius 1 is 1.20 bits per heavy atom. The average molecular weight is 237 g/mol. The second-order valence-corrected chi connectivity index (χ2v) is 4.43. The average Bonchev–Trinajstić information content (AvgIpc) is 2.24. The molecule has 0 saturated heterocycles. The minimum Gasteiger partial charge on any atom is -0.399 e. The third-order valence-corrected chi connectivity index (χ3v) is 3.26. The Labute approximate surface area is 97.5 Å². The first-order valence-corrected chi connectivity index (χ1v) is 5.59. The molecule has 0 unspecified atom stereocenters. The summed E-state index contributed by atoms with van der Waals surface area (Å²) >= 11 is 7.58. The summed E-state index contributed by atoms with van der Waals surface area (Å²) in [5.41, 5.74) is 6.28. The lowest BCUT2D eigenvalue weighted by atomic mass is 10.3. The van der Waals surface area contributed by atoms with Gasteiger partial charge in [0.15, 0.2) is 0 Å². The highest BCUT2D eigenvalue weighted by molar-refractivity contribution is 7.99. The van der Waals surface area contributed by atoms with Crippen LogP contribution in [0.3, 0.4) is 0 Å². The Balaban J connectivity index is 2.25. The van der Waals surface area contributed by atoms with E-state index >= 15 is 0 Å². The summed E-state index contributed by atoms with van der Waals surface area (Å²) in [6.45, 7) is 0. The molecule has 4 heteroatoms. The lowest BCUT2D eigenvalue weighted by molar-refractivity contribution is 1.13. The zero-order valence-corrected chi connectivity index (χ0v) is 9.42. The van der Waals surface area contributed by atoms with Crippen LogP contribution < -0.4 is 5.73 Å². The smallest absolute Gasteiger partial charge is 0.101 e. The van der Waals surface area contributed by atoms with Gasteiger partial charge < -0.3 is 5.73 Å². The highest BCUT2D eigenvalue weighted by atomic mass is 35.5. The van der Waals surface area contributed by atoms with Gasteiger partial charge in [-0.15, -0.1) is 0 Å². The number of nitrogen functional groups attached to an aromatic ring is 1. The number of aromatic nitrogens is 1. The number of halogens is 1. The van der Waals surface area contributed by atoms with Gasteiger partial charge in [0, 0.05) is 16.8 Å². The molecule has 1 aromatic carbocycles. The van der Waals surface area contributed by atoms with Crippen LogP contribution in [0.1, 0.15) is 0 Å². The van der Waals surface area contributed by atoms with Crippen molar-refractivity contribution in [2.24, 2.45) is 0 Å². The lowest BCUT2D eigenvalue weighted by Crippen LogP contribution is -1.85. The Hall–Kier alpha value is -1.19. The van der Waals surface area contributed by atoms with E-state index in [1.165, 1.54) is 11.8 Å². The number of hydrogen-bond acceptors (Lipinski definition) is 3. The van der Waals surface area contributed by atoms with Gasteiger partial charge in [0.05, 0.1) is 5.02 Å². The number of nitrogens with zero attached hydrogens (tertiary/aromatic N) is 1. The van der Waals surface area contributed by atoms with Crippen molar-refractivity contribution in [2.45, 2.75) is 9.92 Å². The van der Waals surface area contributed by atoms with Crippen LogP contribution >= 0.6 is 23.4 Å². The molecule has 0 fully saturated rings. The van der Waals surface area contributed by atoms with Crippen molar-refractivity contribution >= 4 is 29.1 Å². The molecule has 2 rings (SSSR count). The first kappa shape index (κ1) is 10.3. The third kappa shape index (κ3) is 2.64. The highest BCUT2D eigenvalue weighted by Gasteiger charge is 2.03. The Morgan fingerprint density at radius 2 is 2.07 bits per heavy atom. The van der Waals surface area contributed by atoms with Gasteiger partial charge in [-0.3, -0.25) is 0 Å². The zero-order valence-electron chi connectivity index (χ0n) is 7.85. The van der Waals surface area contributed by atoms with E-state index in [1.54, 1.807) is 12.3 Å². The second-order valence-electron chi connectivity index (χ2n) is 2.96. The summed E-state index contributed by atoms with van der Waals surface area (Å²) < 4.78 is 0. The normalized spacial score (nSPS) is 10.2. The largest absolute Gasteiger partial charge is 0.399 e. The van der Waals surface area contributed by atoms with Crippen LogP contribution in [0.25, 0.3) is 0 Å². The molecule has 0 aliphatic heterocycles. The topological polar surface area (TPSA) is 38.9 Å². The van der Waals surface area contributed by atoms with Crippen LogP contribution in [-0.2, 0) is 0 Å². The molecule has 1 aromatic heterocycles. The van der Waals surface area contributed by atoms with E-state index in [0.29, 0.717) is 10.7 Å². The lowest BCUT2D eigenvalue weighted by Gasteiger charge is -2.03. The monoisotopic (exact) mass is 236 g/mol. The van der Waals surface area contributed by atoms with Gasteiger partial charge in [-0.2, -0.15) is 0 Å². The number of anilines is 1. The molecule has 0 bridgehead atoms. The minimum absolute atomic E-state index is 0.658. The van der Waals surface area contributed by atoms with Crippen LogP contribution in [-0.4, -0.2) is 4.98 Å². The number of pyridine rings is 1. The fourth-order valence-corrected chi connectivity index (χ4v) is 2.20. The molecule has 0 aliphatic carbocycles. The van der Waals surface area contributed by atoms with Gasteiger partial charge in [0.25, 0.3) is 0 Å². The standard InChI is InChI=1S/C11H9ClN2S/c12-9-7-8(13)4-5-10(9)15-11-3-1-2-6-14-11/h1-7H,13H2. The number of nitrogens with two attached hydrogens (primary N) is 1. The maximum Gasteiger partial charge on any atom is 0.101 e. The van der Waals surface area contributed by atoms with E-state index in [0.717, 1.165) is 9.92 Å². The molecule has 0 atom stereocenters. The van der Waals surface area contributed by atoms with Crippen molar-refractivity contribution in [1.82, 2.24) is 4.98 Å². The first-order chi connectivity index (χ1) is 7.25. The maximum atomic E-state index is 6.05. The van der Waals surface area contributed by atoms with E-state index in [4.69, 9.17) is 17.3 Å². The number of rotatable bonds is 2. The summed E-state index contributed by atoms with van der Waals surface area (Å²) in [6.07, 6.45) is 1.76. The number of hydrogen-bond donors (Lipinski definition) is 1. The van der Waals surface area contributed by atoms with Gasteiger partial charge in [0.2, 0.25) is 0 Å². The molecule has 2 aromatic rings. The van der Waals surface area contributed by atoms with Gasteiger partial charge in [-0.1, -0.05) is 29.4 Å². The van der Waals surface area contributed by atoms with E-state index in [9.17, 15) is 0 Å². The fourth-order valence-electron chi connectivity index (χ4n) is 1.12. The van der Waals surface area contributed by atoms with Crippen LogP contribution in [0.5, 0.6) is 0 Å². The Bertz CT molecular complexity index is 459. The van der Waals surface area contributed by atoms with Gasteiger partial charge in [-0.25, -0.2) is 4.98 Å². The van der Waals surface area contributed by atoms with Gasteiger partial charge >= 0.3 is 0 Å². The van der Waals surface area contributed by atoms with Gasteiger partial charge in [-0.05, 0) is 30.3 Å². The van der Waals surface area contributed by atoms with Gasteiger partial charge in [0.1, 0.15) is 5.03 Å². The molecule has 0 saturated carbocycles. The van der Waals surface area contributed by atoms with Crippen LogP contribution in [0, 0.1) is 0 Å². The Morgan fingerprint density at radius 3 is 2.73 bits per heavy atom. The molecule has 0 spiro atoms. The first-order valence-electron chi connectivity index (χ1n) is 4.39. The van der Waals surface area contributed by atoms with Crippen molar-refractivity contribution in [2.75, 3.05) is 5.73 Å². The summed E-state index contributed by atoms with van der Waals surface area (Å²) in [5.74, 6) is 0. The molecule has 0 aliphatic rings. The molecule has 2 nitrogen and oxygen atoms in total. The molecular weight excluding hydrogens is 228 g/mol. The third-order valence-electron chi connectivity index (χ3n) is 1.81. The van der Waals surface area contributed by atoms with E-state index < -0.39 is 0 Å². The SMILES string of the molecule is Nc1ccc(Sc2ccccn2)c(Cl)c1. The summed E-state index contributed by atoms with van der Waals surface area (Å²) in [5, 5.41) is 1.58. The van der Waals surface area contributed by atoms with E-state index in [-0.39, 0.29) is 0 Å². The molecule has 2 N–H and O–H groups in total. The van der Waals surface area contributed by atoms with E-state index in [2.05, 4.69) is 4.98 Å². The van der Waals surface area contributed by atoms with Crippen LogP contribution in [0.15, 0.2) is 52.5 Å². The van der Waals surface area contributed by atoms with Crippen LogP contribution in [0.4, 0.5) is 5.69 Å². The summed E-state index contributed by atoms with van der Waals surface area (Å²) in [4.78, 5) is 5.17. The second kappa shape index (κ2) is 4.55. The van der Waals surface area contributed by atoms with Crippen molar-refractivity contribution in [3.05, 3.63) is 47.6 Å². The van der Waals surface area contributed by atoms with Crippen molar-refractivity contribution in [1.29, 1.82) is 0 Å². The molecular formula is C11H9ClN2S. The summed E-state index contributed by atoms with van der Waals surface area (Å²) in [7, 11) is 0. The minimum atomic E-state index is 0.658. The van der Waals surface area contributed by atoms with Crippen molar-refractivity contribution in [3.63, 3.8) is 0 Å². The molecule has 1 heterocycles. The zero-order chi connectivity index (χ0) is 10.7. The molecule has 0 radical (unpaired) electrons. The fraction of sp³-hybridized carbons (Fsp3) is 0. The predicted octanol–water partition coefficient (Wildman–Crippen LogP) is 3.47. The van der Waals surface area contributed by atoms with E-state index in [1.807, 2.05) is 30.3 Å². The predicted molar refractivity (Wildman–Crippen MR) is 64.2 cm³/mol. The van der Waals surface area contributed by atoms with Crippen LogP contribution in [0.2, 0.25) is 5.02 Å². The Kier molecular flexibility index (Phi) is 3.14. The summed E-state index contributed by atoms with van der Waals surface area (Å²) in [6, 6.07) is 11.2. The molecule has 15 heavy (non-hydrogen) atoms. The van der Waals surface area contributed by atoms with Crippen molar-refractivity contribution < 1.29 is 0 Å². The van der Waals surface area contributed by atoms with Crippen molar-refractivity contribution in [3.8, 4) is 0 Å². The quantitative estimate of drug-likeness (QED) is 0.812. The molecule has 0 amide bonds. The maximum absolute atomic E-state index is 6.05.